The number of piperidine rings is 1. The number of likely N-dealkylation sites (tertiary alicyclic amines) is 1. The van der Waals surface area contributed by atoms with Crippen molar-refractivity contribution >= 4 is 35.1 Å². The van der Waals surface area contributed by atoms with Crippen molar-refractivity contribution in [2.45, 2.75) is 64.1 Å². The number of aliphatic carboxylic acids is 1. The van der Waals surface area contributed by atoms with Crippen molar-refractivity contribution in [2.75, 3.05) is 7.11 Å². The van der Waals surface area contributed by atoms with Crippen molar-refractivity contribution in [2.24, 2.45) is 5.41 Å². The molecule has 1 fully saturated rings. The summed E-state index contributed by atoms with van der Waals surface area (Å²) >= 11 is 12.5. The van der Waals surface area contributed by atoms with E-state index >= 15 is 0 Å². The van der Waals surface area contributed by atoms with Crippen molar-refractivity contribution in [3.63, 3.8) is 0 Å². The fraction of sp³-hybridized carbons (Fsp3) is 0.462. The first-order valence-electron chi connectivity index (χ1n) is 11.2. The summed E-state index contributed by atoms with van der Waals surface area (Å²) in [6.07, 6.45) is 0.571. The highest BCUT2D eigenvalue weighted by molar-refractivity contribution is 6.30. The first kappa shape index (κ1) is 25.5. The topological polar surface area (TPSA) is 66.8 Å². The van der Waals surface area contributed by atoms with E-state index in [1.54, 1.807) is 14.0 Å². The number of benzene rings is 2. The van der Waals surface area contributed by atoms with Crippen LogP contribution in [0, 0.1) is 5.41 Å². The minimum Gasteiger partial charge on any atom is -0.481 e. The molecule has 33 heavy (non-hydrogen) atoms. The molecule has 1 amide bonds. The van der Waals surface area contributed by atoms with Gasteiger partial charge >= 0.3 is 5.97 Å². The third-order valence-electron chi connectivity index (χ3n) is 6.82. The van der Waals surface area contributed by atoms with Gasteiger partial charge in [-0.25, -0.2) is 0 Å². The molecule has 1 aliphatic heterocycles. The minimum atomic E-state index is -1.07. The first-order valence-corrected chi connectivity index (χ1v) is 11.9. The second-order valence-corrected chi connectivity index (χ2v) is 9.99. The maximum atomic E-state index is 14.1. The Morgan fingerprint density at radius 1 is 1.18 bits per heavy atom. The molecule has 1 saturated heterocycles. The number of hydrogen-bond donors (Lipinski definition) is 1. The summed E-state index contributed by atoms with van der Waals surface area (Å²) < 4.78 is 5.66. The van der Waals surface area contributed by atoms with E-state index < -0.39 is 11.4 Å². The highest BCUT2D eigenvalue weighted by atomic mass is 35.5. The van der Waals surface area contributed by atoms with Gasteiger partial charge in [0.1, 0.15) is 0 Å². The number of nitrogens with zero attached hydrogens (tertiary/aromatic N) is 1. The van der Waals surface area contributed by atoms with Crippen LogP contribution < -0.4 is 0 Å². The van der Waals surface area contributed by atoms with Crippen LogP contribution in [0.25, 0.3) is 0 Å². The third-order valence-corrected chi connectivity index (χ3v) is 7.31. The van der Waals surface area contributed by atoms with Crippen molar-refractivity contribution in [1.29, 1.82) is 0 Å². The van der Waals surface area contributed by atoms with E-state index in [1.807, 2.05) is 67.3 Å². The second-order valence-electron chi connectivity index (χ2n) is 9.12. The molecule has 0 bridgehead atoms. The summed E-state index contributed by atoms with van der Waals surface area (Å²) in [5.74, 6) is -1.32. The summed E-state index contributed by atoms with van der Waals surface area (Å²) in [4.78, 5) is 27.7. The molecule has 3 rings (SSSR count). The molecular formula is C26H31Cl2NO4. The second kappa shape index (κ2) is 10.5. The quantitative estimate of drug-likeness (QED) is 0.467. The summed E-state index contributed by atoms with van der Waals surface area (Å²) in [6.45, 7) is 5.72. The Balaban J connectivity index is 2.25. The maximum absolute atomic E-state index is 14.1. The third kappa shape index (κ3) is 5.37. The van der Waals surface area contributed by atoms with E-state index in [-0.39, 0.29) is 36.4 Å². The molecule has 0 aromatic heterocycles. The molecule has 1 N–H and O–H groups in total. The highest BCUT2D eigenvalue weighted by Gasteiger charge is 2.52. The zero-order valence-corrected chi connectivity index (χ0v) is 20.9. The molecule has 178 valence electrons. The Labute approximate surface area is 205 Å². The number of amides is 1. The summed E-state index contributed by atoms with van der Waals surface area (Å²) in [5.41, 5.74) is 0.844. The van der Waals surface area contributed by atoms with E-state index in [0.29, 0.717) is 22.9 Å². The molecule has 2 aromatic carbocycles. The Bertz CT molecular complexity index is 996. The van der Waals surface area contributed by atoms with E-state index in [9.17, 15) is 14.7 Å². The van der Waals surface area contributed by atoms with Gasteiger partial charge in [-0.3, -0.25) is 9.59 Å². The lowest BCUT2D eigenvalue weighted by Crippen LogP contribution is -2.58. The van der Waals surface area contributed by atoms with Gasteiger partial charge in [-0.15, -0.1) is 0 Å². The SMILES string of the molecule is CC[C@@H]([C@H](C)OC)N1C(=O)[C@@](C)(CC(=O)O)C[C@H](c2cccc(Cl)c2)C1c1ccc(Cl)cc1. The predicted molar refractivity (Wildman–Crippen MR) is 131 cm³/mol. The van der Waals surface area contributed by atoms with Crippen LogP contribution in [0.5, 0.6) is 0 Å². The van der Waals surface area contributed by atoms with Crippen LogP contribution in [0.15, 0.2) is 48.5 Å². The van der Waals surface area contributed by atoms with Gasteiger partial charge in [0.2, 0.25) is 5.91 Å². The Morgan fingerprint density at radius 2 is 1.85 bits per heavy atom. The van der Waals surface area contributed by atoms with Gasteiger partial charge in [-0.05, 0) is 55.2 Å². The molecule has 1 heterocycles. The van der Waals surface area contributed by atoms with E-state index in [1.165, 1.54) is 0 Å². The van der Waals surface area contributed by atoms with Crippen molar-refractivity contribution in [3.05, 3.63) is 69.7 Å². The van der Waals surface area contributed by atoms with E-state index in [2.05, 4.69) is 0 Å². The van der Waals surface area contributed by atoms with Crippen molar-refractivity contribution < 1.29 is 19.4 Å². The summed E-state index contributed by atoms with van der Waals surface area (Å²) in [6, 6.07) is 14.6. The molecular weight excluding hydrogens is 461 g/mol. The molecule has 7 heteroatoms. The lowest BCUT2D eigenvalue weighted by atomic mass is 9.67. The molecule has 1 unspecified atom stereocenters. The van der Waals surface area contributed by atoms with Crippen LogP contribution in [0.2, 0.25) is 10.0 Å². The number of hydrogen-bond acceptors (Lipinski definition) is 3. The molecule has 5 atom stereocenters. The van der Waals surface area contributed by atoms with E-state index in [0.717, 1.165) is 11.1 Å². The normalized spacial score (nSPS) is 25.0. The molecule has 0 spiro atoms. The number of ether oxygens (including phenoxy) is 1. The molecule has 1 aliphatic rings. The van der Waals surface area contributed by atoms with Gasteiger partial charge in [-0.1, -0.05) is 61.3 Å². The zero-order chi connectivity index (χ0) is 24.3. The fourth-order valence-electron chi connectivity index (χ4n) is 5.16. The number of carboxylic acids is 1. The van der Waals surface area contributed by atoms with Crippen LogP contribution in [0.1, 0.15) is 63.1 Å². The lowest BCUT2D eigenvalue weighted by Gasteiger charge is -2.52. The largest absolute Gasteiger partial charge is 0.481 e. The minimum absolute atomic E-state index is 0.162. The molecule has 0 saturated carbocycles. The average molecular weight is 492 g/mol. The average Bonchev–Trinajstić information content (AvgIpc) is 2.77. The van der Waals surface area contributed by atoms with Crippen LogP contribution >= 0.6 is 23.2 Å². The zero-order valence-electron chi connectivity index (χ0n) is 19.4. The first-order chi connectivity index (χ1) is 15.6. The summed E-state index contributed by atoms with van der Waals surface area (Å²) in [7, 11) is 1.63. The lowest BCUT2D eigenvalue weighted by molar-refractivity contribution is -0.164. The molecule has 2 aromatic rings. The van der Waals surface area contributed by atoms with Crippen LogP contribution in [0.3, 0.4) is 0 Å². The molecule has 5 nitrogen and oxygen atoms in total. The highest BCUT2D eigenvalue weighted by Crippen LogP contribution is 2.52. The molecule has 0 aliphatic carbocycles. The number of carboxylic acid groups (broad SMARTS) is 1. The van der Waals surface area contributed by atoms with Crippen molar-refractivity contribution in [1.82, 2.24) is 4.90 Å². The number of carbonyl (C=O) groups excluding carboxylic acids is 1. The Hall–Kier alpha value is -2.08. The van der Waals surface area contributed by atoms with Crippen LogP contribution in [-0.4, -0.2) is 41.1 Å². The van der Waals surface area contributed by atoms with Gasteiger partial charge < -0.3 is 14.7 Å². The number of halogens is 2. The Kier molecular flexibility index (Phi) is 8.09. The smallest absolute Gasteiger partial charge is 0.304 e. The fourth-order valence-corrected chi connectivity index (χ4v) is 5.48. The van der Waals surface area contributed by atoms with Gasteiger partial charge in [0, 0.05) is 23.1 Å². The number of methoxy groups -OCH3 is 1. The Morgan fingerprint density at radius 3 is 2.39 bits per heavy atom. The predicted octanol–water partition coefficient (Wildman–Crippen LogP) is 6.35. The van der Waals surface area contributed by atoms with Gasteiger partial charge in [-0.2, -0.15) is 0 Å². The number of rotatable bonds is 8. The van der Waals surface area contributed by atoms with Crippen LogP contribution in [0.4, 0.5) is 0 Å². The van der Waals surface area contributed by atoms with Crippen LogP contribution in [-0.2, 0) is 14.3 Å². The van der Waals surface area contributed by atoms with Gasteiger partial charge in [0.15, 0.2) is 0 Å². The van der Waals surface area contributed by atoms with Gasteiger partial charge in [0.25, 0.3) is 0 Å². The maximum Gasteiger partial charge on any atom is 0.304 e. The standard InChI is InChI=1S/C26H31Cl2NO4/c1-5-22(16(2)33-4)29-24(17-9-11-19(27)12-10-17)21(18-7-6-8-20(28)13-18)14-26(3,25(29)32)15-23(30)31/h6-13,16,21-22,24H,5,14-15H2,1-4H3,(H,30,31)/t16-,21+,22-,24?,26+/m0/s1. The summed E-state index contributed by atoms with van der Waals surface area (Å²) in [5, 5.41) is 10.9. The number of carbonyl (C=O) groups is 2. The van der Waals surface area contributed by atoms with E-state index in [4.69, 9.17) is 27.9 Å². The van der Waals surface area contributed by atoms with Crippen molar-refractivity contribution in [3.8, 4) is 0 Å². The molecule has 0 radical (unpaired) electrons. The monoisotopic (exact) mass is 491 g/mol. The van der Waals surface area contributed by atoms with Gasteiger partial charge in [0.05, 0.1) is 30.0 Å².